The summed E-state index contributed by atoms with van der Waals surface area (Å²) in [5.41, 5.74) is 1.44. The third kappa shape index (κ3) is 3.88. The fourth-order valence-electron chi connectivity index (χ4n) is 2.71. The van der Waals surface area contributed by atoms with E-state index in [0.29, 0.717) is 17.8 Å². The third-order valence-corrected chi connectivity index (χ3v) is 4.18. The maximum atomic E-state index is 13.8. The summed E-state index contributed by atoms with van der Waals surface area (Å²) in [5.74, 6) is -1.64. The van der Waals surface area contributed by atoms with Gasteiger partial charge in [0.15, 0.2) is 0 Å². The molecule has 26 heavy (non-hydrogen) atoms. The zero-order valence-corrected chi connectivity index (χ0v) is 14.1. The van der Waals surface area contributed by atoms with Crippen LogP contribution in [0.5, 0.6) is 0 Å². The predicted octanol–water partition coefficient (Wildman–Crippen LogP) is 2.00. The van der Waals surface area contributed by atoms with Gasteiger partial charge in [-0.2, -0.15) is 0 Å². The first-order chi connectivity index (χ1) is 12.4. The number of carbonyl (C=O) groups excluding carboxylic acids is 3. The Morgan fingerprint density at radius 2 is 1.92 bits per heavy atom. The lowest BCUT2D eigenvalue weighted by molar-refractivity contribution is -0.119. The molecule has 0 saturated carbocycles. The van der Waals surface area contributed by atoms with Gasteiger partial charge in [-0.15, -0.1) is 0 Å². The van der Waals surface area contributed by atoms with E-state index >= 15 is 0 Å². The van der Waals surface area contributed by atoms with Crippen LogP contribution in [0.25, 0.3) is 0 Å². The van der Waals surface area contributed by atoms with Gasteiger partial charge in [0.05, 0.1) is 11.6 Å². The molecule has 2 aromatic rings. The Kier molecular flexibility index (Phi) is 4.97. The number of aryl methyl sites for hydroxylation is 1. The Morgan fingerprint density at radius 3 is 2.62 bits per heavy atom. The second-order valence-electron chi connectivity index (χ2n) is 6.14. The van der Waals surface area contributed by atoms with Crippen molar-refractivity contribution >= 4 is 23.4 Å². The molecule has 3 amide bonds. The van der Waals surface area contributed by atoms with Crippen molar-refractivity contribution in [1.29, 1.82) is 0 Å². The lowest BCUT2D eigenvalue weighted by atomic mass is 10.1. The second kappa shape index (κ2) is 7.35. The molecule has 0 bridgehead atoms. The van der Waals surface area contributed by atoms with Gasteiger partial charge >= 0.3 is 0 Å². The van der Waals surface area contributed by atoms with Gasteiger partial charge in [0, 0.05) is 24.2 Å². The third-order valence-electron chi connectivity index (χ3n) is 4.18. The average molecular weight is 355 g/mol. The largest absolute Gasteiger partial charge is 0.354 e. The highest BCUT2D eigenvalue weighted by Crippen LogP contribution is 2.19. The van der Waals surface area contributed by atoms with Crippen LogP contribution in [0.4, 0.5) is 10.1 Å². The first-order valence-electron chi connectivity index (χ1n) is 8.18. The minimum Gasteiger partial charge on any atom is -0.354 e. The summed E-state index contributed by atoms with van der Waals surface area (Å²) in [4.78, 5) is 35.9. The number of amides is 3. The lowest BCUT2D eigenvalue weighted by Crippen LogP contribution is -2.36. The minimum absolute atomic E-state index is 0.0719. The highest BCUT2D eigenvalue weighted by Gasteiger charge is 2.23. The molecule has 3 N–H and O–H groups in total. The predicted molar refractivity (Wildman–Crippen MR) is 94.4 cm³/mol. The van der Waals surface area contributed by atoms with E-state index in [2.05, 4.69) is 16.0 Å². The SMILES string of the molecule is Cc1ccc(C(=O)NC2CNC(=O)C2)cc1NC(=O)c1ccccc1F. The number of nitrogens with one attached hydrogen (secondary N) is 3. The Hall–Kier alpha value is -3.22. The number of carbonyl (C=O) groups is 3. The molecule has 6 nitrogen and oxygen atoms in total. The maximum absolute atomic E-state index is 13.8. The highest BCUT2D eigenvalue weighted by molar-refractivity contribution is 6.05. The summed E-state index contributed by atoms with van der Waals surface area (Å²) in [6.07, 6.45) is 0.245. The van der Waals surface area contributed by atoms with Crippen molar-refractivity contribution < 1.29 is 18.8 Å². The van der Waals surface area contributed by atoms with Gasteiger partial charge in [-0.25, -0.2) is 4.39 Å². The minimum atomic E-state index is -0.616. The van der Waals surface area contributed by atoms with Gasteiger partial charge in [0.25, 0.3) is 11.8 Å². The fraction of sp³-hybridized carbons (Fsp3) is 0.211. The summed E-state index contributed by atoms with van der Waals surface area (Å²) in [7, 11) is 0. The van der Waals surface area contributed by atoms with Gasteiger partial charge in [-0.1, -0.05) is 18.2 Å². The molecule has 0 spiro atoms. The molecule has 0 aliphatic carbocycles. The Bertz CT molecular complexity index is 882. The number of benzene rings is 2. The molecule has 1 heterocycles. The van der Waals surface area contributed by atoms with Crippen molar-refractivity contribution in [1.82, 2.24) is 10.6 Å². The van der Waals surface area contributed by atoms with Crippen LogP contribution in [-0.2, 0) is 4.79 Å². The molecule has 0 aromatic heterocycles. The number of hydrogen-bond acceptors (Lipinski definition) is 3. The van der Waals surface area contributed by atoms with Gasteiger partial charge in [0.2, 0.25) is 5.91 Å². The number of hydrogen-bond donors (Lipinski definition) is 3. The van der Waals surface area contributed by atoms with Crippen LogP contribution >= 0.6 is 0 Å². The van der Waals surface area contributed by atoms with Gasteiger partial charge < -0.3 is 16.0 Å². The zero-order chi connectivity index (χ0) is 18.7. The molecule has 134 valence electrons. The molecule has 1 aliphatic rings. The van der Waals surface area contributed by atoms with E-state index in [1.54, 1.807) is 25.1 Å². The van der Waals surface area contributed by atoms with Gasteiger partial charge in [0.1, 0.15) is 5.82 Å². The maximum Gasteiger partial charge on any atom is 0.258 e. The Balaban J connectivity index is 1.75. The molecule has 0 radical (unpaired) electrons. The van der Waals surface area contributed by atoms with E-state index in [9.17, 15) is 18.8 Å². The van der Waals surface area contributed by atoms with E-state index in [0.717, 1.165) is 5.56 Å². The molecular formula is C19H18FN3O3. The van der Waals surface area contributed by atoms with Crippen LogP contribution in [-0.4, -0.2) is 30.3 Å². The van der Waals surface area contributed by atoms with Crippen molar-refractivity contribution in [3.8, 4) is 0 Å². The summed E-state index contributed by atoms with van der Waals surface area (Å²) in [6.45, 7) is 2.17. The van der Waals surface area contributed by atoms with E-state index in [-0.39, 0.29) is 29.8 Å². The van der Waals surface area contributed by atoms with Crippen LogP contribution in [0.2, 0.25) is 0 Å². The molecule has 1 fully saturated rings. The standard InChI is InChI=1S/C19H18FN3O3/c1-11-6-7-12(18(25)22-13-9-17(24)21-10-13)8-16(11)23-19(26)14-4-2-3-5-15(14)20/h2-8,13H,9-10H2,1H3,(H,21,24)(H,22,25)(H,23,26). The normalized spacial score (nSPS) is 16.1. The van der Waals surface area contributed by atoms with Crippen LogP contribution < -0.4 is 16.0 Å². The molecule has 3 rings (SSSR count). The average Bonchev–Trinajstić information content (AvgIpc) is 3.02. The molecule has 1 atom stereocenters. The molecular weight excluding hydrogens is 337 g/mol. The van der Waals surface area contributed by atoms with Crippen LogP contribution in [0.15, 0.2) is 42.5 Å². The van der Waals surface area contributed by atoms with E-state index in [4.69, 9.17) is 0 Å². The van der Waals surface area contributed by atoms with Crippen molar-refractivity contribution in [3.05, 3.63) is 65.0 Å². The fourth-order valence-corrected chi connectivity index (χ4v) is 2.71. The zero-order valence-electron chi connectivity index (χ0n) is 14.1. The Labute approximate surface area is 149 Å². The van der Waals surface area contributed by atoms with E-state index in [1.807, 2.05) is 0 Å². The number of halogens is 1. The van der Waals surface area contributed by atoms with Crippen molar-refractivity contribution in [2.24, 2.45) is 0 Å². The van der Waals surface area contributed by atoms with Crippen LogP contribution in [0.1, 0.15) is 32.7 Å². The quantitative estimate of drug-likeness (QED) is 0.784. The number of anilines is 1. The molecule has 1 aliphatic heterocycles. The summed E-state index contributed by atoms with van der Waals surface area (Å²) >= 11 is 0. The summed E-state index contributed by atoms with van der Waals surface area (Å²) < 4.78 is 13.8. The second-order valence-corrected chi connectivity index (χ2v) is 6.14. The lowest BCUT2D eigenvalue weighted by Gasteiger charge is -2.13. The number of rotatable bonds is 4. The first kappa shape index (κ1) is 17.6. The van der Waals surface area contributed by atoms with Crippen LogP contribution in [0, 0.1) is 12.7 Å². The van der Waals surface area contributed by atoms with Crippen molar-refractivity contribution in [2.45, 2.75) is 19.4 Å². The van der Waals surface area contributed by atoms with Gasteiger partial charge in [-0.05, 0) is 36.8 Å². The van der Waals surface area contributed by atoms with Gasteiger partial charge in [-0.3, -0.25) is 14.4 Å². The monoisotopic (exact) mass is 355 g/mol. The van der Waals surface area contributed by atoms with Crippen molar-refractivity contribution in [2.75, 3.05) is 11.9 Å². The Morgan fingerprint density at radius 1 is 1.15 bits per heavy atom. The van der Waals surface area contributed by atoms with Crippen LogP contribution in [0.3, 0.4) is 0 Å². The van der Waals surface area contributed by atoms with E-state index < -0.39 is 11.7 Å². The smallest absolute Gasteiger partial charge is 0.258 e. The molecule has 1 saturated heterocycles. The highest BCUT2D eigenvalue weighted by atomic mass is 19.1. The van der Waals surface area contributed by atoms with E-state index in [1.165, 1.54) is 24.3 Å². The van der Waals surface area contributed by atoms with Crippen molar-refractivity contribution in [3.63, 3.8) is 0 Å². The molecule has 2 aromatic carbocycles. The molecule has 1 unspecified atom stereocenters. The topological polar surface area (TPSA) is 87.3 Å². The summed E-state index contributed by atoms with van der Waals surface area (Å²) in [6, 6.07) is 10.3. The molecule has 7 heteroatoms. The summed E-state index contributed by atoms with van der Waals surface area (Å²) in [5, 5.41) is 8.06. The first-order valence-corrected chi connectivity index (χ1v) is 8.18.